The maximum absolute atomic E-state index is 9.19. The minimum Gasteiger partial charge on any atom is -0.491 e. The van der Waals surface area contributed by atoms with E-state index in [0.717, 1.165) is 65.9 Å². The van der Waals surface area contributed by atoms with Crippen LogP contribution in [0.15, 0.2) is 24.3 Å². The van der Waals surface area contributed by atoms with Crippen molar-refractivity contribution in [2.75, 3.05) is 26.4 Å². The van der Waals surface area contributed by atoms with Crippen LogP contribution in [0.3, 0.4) is 0 Å². The molecule has 2 aromatic rings. The number of aryl methyl sites for hydroxylation is 4. The Kier molecular flexibility index (Phi) is 10.0. The monoisotopic (exact) mass is 442 g/mol. The SMILES string of the molecule is CCCCC(CCC)(c1cc(C)c(OCCO)c(C)c1)c1cc(C)c(OCCO)c(C)c1. The van der Waals surface area contributed by atoms with Gasteiger partial charge < -0.3 is 19.7 Å². The molecule has 4 nitrogen and oxygen atoms in total. The van der Waals surface area contributed by atoms with Gasteiger partial charge in [0.2, 0.25) is 0 Å². The molecule has 32 heavy (non-hydrogen) atoms. The van der Waals surface area contributed by atoms with Gasteiger partial charge in [0.1, 0.15) is 24.7 Å². The number of unbranched alkanes of at least 4 members (excludes halogenated alkanes) is 1. The first-order valence-electron chi connectivity index (χ1n) is 12.0. The molecule has 0 aliphatic carbocycles. The summed E-state index contributed by atoms with van der Waals surface area (Å²) in [6.07, 6.45) is 5.55. The van der Waals surface area contributed by atoms with Gasteiger partial charge in [0.25, 0.3) is 0 Å². The van der Waals surface area contributed by atoms with E-state index in [0.29, 0.717) is 13.2 Å². The summed E-state index contributed by atoms with van der Waals surface area (Å²) in [5.41, 5.74) is 7.04. The molecule has 0 aliphatic heterocycles. The van der Waals surface area contributed by atoms with Crippen LogP contribution in [0.5, 0.6) is 11.5 Å². The Balaban J connectivity index is 2.67. The van der Waals surface area contributed by atoms with Gasteiger partial charge in [-0.25, -0.2) is 0 Å². The number of aliphatic hydroxyl groups excluding tert-OH is 2. The summed E-state index contributed by atoms with van der Waals surface area (Å²) in [4.78, 5) is 0. The molecule has 4 heteroatoms. The van der Waals surface area contributed by atoms with Crippen molar-refractivity contribution in [3.05, 3.63) is 57.6 Å². The Hall–Kier alpha value is -2.04. The van der Waals surface area contributed by atoms with Crippen molar-refractivity contribution in [2.45, 2.75) is 79.1 Å². The van der Waals surface area contributed by atoms with Crippen molar-refractivity contribution in [1.29, 1.82) is 0 Å². The Bertz CT molecular complexity index is 762. The van der Waals surface area contributed by atoms with Crippen LogP contribution in [0.2, 0.25) is 0 Å². The van der Waals surface area contributed by atoms with Gasteiger partial charge in [-0.05, 0) is 73.9 Å². The summed E-state index contributed by atoms with van der Waals surface area (Å²) in [5, 5.41) is 18.4. The van der Waals surface area contributed by atoms with Crippen LogP contribution >= 0.6 is 0 Å². The van der Waals surface area contributed by atoms with Gasteiger partial charge in [-0.3, -0.25) is 0 Å². The normalized spacial score (nSPS) is 11.6. The number of rotatable bonds is 13. The second-order valence-electron chi connectivity index (χ2n) is 8.96. The lowest BCUT2D eigenvalue weighted by Gasteiger charge is -2.37. The predicted molar refractivity (Wildman–Crippen MR) is 132 cm³/mol. The highest BCUT2D eigenvalue weighted by Crippen LogP contribution is 2.45. The summed E-state index contributed by atoms with van der Waals surface area (Å²) in [6, 6.07) is 9.13. The van der Waals surface area contributed by atoms with Crippen molar-refractivity contribution in [1.82, 2.24) is 0 Å². The summed E-state index contributed by atoms with van der Waals surface area (Å²) in [5.74, 6) is 1.76. The fourth-order valence-corrected chi connectivity index (χ4v) is 4.98. The van der Waals surface area contributed by atoms with E-state index in [1.807, 2.05) is 0 Å². The van der Waals surface area contributed by atoms with E-state index < -0.39 is 0 Å². The molecule has 0 amide bonds. The molecule has 0 heterocycles. The fraction of sp³-hybridized carbons (Fsp3) is 0.571. The summed E-state index contributed by atoms with van der Waals surface area (Å²) >= 11 is 0. The minimum atomic E-state index is -0.0825. The fourth-order valence-electron chi connectivity index (χ4n) is 4.98. The Morgan fingerprint density at radius 2 is 1.06 bits per heavy atom. The van der Waals surface area contributed by atoms with Gasteiger partial charge in [-0.15, -0.1) is 0 Å². The molecular formula is C28H42O4. The van der Waals surface area contributed by atoms with Crippen LogP contribution in [0, 0.1) is 27.7 Å². The molecule has 0 saturated heterocycles. The second kappa shape index (κ2) is 12.3. The van der Waals surface area contributed by atoms with Crippen molar-refractivity contribution >= 4 is 0 Å². The highest BCUT2D eigenvalue weighted by molar-refractivity contribution is 5.53. The maximum atomic E-state index is 9.19. The average Bonchev–Trinajstić information content (AvgIpc) is 2.75. The number of aliphatic hydroxyl groups is 2. The topological polar surface area (TPSA) is 58.9 Å². The number of benzene rings is 2. The van der Waals surface area contributed by atoms with Crippen molar-refractivity contribution in [2.24, 2.45) is 0 Å². The molecule has 2 rings (SSSR count). The second-order valence-corrected chi connectivity index (χ2v) is 8.96. The molecule has 0 radical (unpaired) electrons. The van der Waals surface area contributed by atoms with Crippen LogP contribution in [0.4, 0.5) is 0 Å². The first-order valence-corrected chi connectivity index (χ1v) is 12.0. The molecule has 0 aromatic heterocycles. The van der Waals surface area contributed by atoms with Crippen molar-refractivity contribution in [3.8, 4) is 11.5 Å². The van der Waals surface area contributed by atoms with Crippen LogP contribution < -0.4 is 9.47 Å². The molecule has 0 unspecified atom stereocenters. The summed E-state index contributed by atoms with van der Waals surface area (Å²) in [6.45, 7) is 13.6. The zero-order valence-corrected chi connectivity index (χ0v) is 20.9. The quantitative estimate of drug-likeness (QED) is 0.403. The number of ether oxygens (including phenoxy) is 2. The van der Waals surface area contributed by atoms with Crippen LogP contribution in [-0.2, 0) is 5.41 Å². The van der Waals surface area contributed by atoms with Crippen LogP contribution in [0.1, 0.15) is 79.3 Å². The Morgan fingerprint density at radius 3 is 1.38 bits per heavy atom. The van der Waals surface area contributed by atoms with E-state index in [4.69, 9.17) is 9.47 Å². The number of hydrogen-bond acceptors (Lipinski definition) is 4. The highest BCUT2D eigenvalue weighted by Gasteiger charge is 2.34. The largest absolute Gasteiger partial charge is 0.491 e. The van der Waals surface area contributed by atoms with Crippen molar-refractivity contribution in [3.63, 3.8) is 0 Å². The third kappa shape index (κ3) is 5.85. The van der Waals surface area contributed by atoms with Gasteiger partial charge in [0.15, 0.2) is 0 Å². The summed E-state index contributed by atoms with van der Waals surface area (Å²) in [7, 11) is 0. The molecule has 0 saturated carbocycles. The molecule has 0 bridgehead atoms. The van der Waals surface area contributed by atoms with Gasteiger partial charge in [-0.1, -0.05) is 57.4 Å². The van der Waals surface area contributed by atoms with Crippen LogP contribution in [-0.4, -0.2) is 36.6 Å². The molecular weight excluding hydrogens is 400 g/mol. The molecule has 0 atom stereocenters. The molecule has 178 valence electrons. The zero-order valence-electron chi connectivity index (χ0n) is 20.9. The third-order valence-corrected chi connectivity index (χ3v) is 6.34. The third-order valence-electron chi connectivity index (χ3n) is 6.34. The van der Waals surface area contributed by atoms with E-state index in [1.54, 1.807) is 0 Å². The lowest BCUT2D eigenvalue weighted by molar-refractivity contribution is 0.199. The van der Waals surface area contributed by atoms with Gasteiger partial charge in [0.05, 0.1) is 13.2 Å². The molecule has 0 aliphatic rings. The van der Waals surface area contributed by atoms with E-state index >= 15 is 0 Å². The lowest BCUT2D eigenvalue weighted by Crippen LogP contribution is -2.29. The molecule has 2 aromatic carbocycles. The Morgan fingerprint density at radius 1 is 0.656 bits per heavy atom. The lowest BCUT2D eigenvalue weighted by atomic mass is 9.67. The maximum Gasteiger partial charge on any atom is 0.125 e. The predicted octanol–water partition coefficient (Wildman–Crippen LogP) is 5.94. The van der Waals surface area contributed by atoms with Gasteiger partial charge >= 0.3 is 0 Å². The first-order chi connectivity index (χ1) is 15.3. The van der Waals surface area contributed by atoms with E-state index in [9.17, 15) is 10.2 Å². The number of hydrogen-bond donors (Lipinski definition) is 2. The molecule has 0 spiro atoms. The van der Waals surface area contributed by atoms with Crippen molar-refractivity contribution < 1.29 is 19.7 Å². The standard InChI is InChI=1S/C28H42O4/c1-7-9-11-28(10-8-2,24-16-20(3)26(21(4)17-24)31-14-12-29)25-18-22(5)27(23(6)19-25)32-15-13-30/h16-19,29-30H,7-15H2,1-6H3. The van der Waals surface area contributed by atoms with E-state index in [2.05, 4.69) is 65.8 Å². The molecule has 2 N–H and O–H groups in total. The first kappa shape index (κ1) is 26.2. The smallest absolute Gasteiger partial charge is 0.125 e. The average molecular weight is 443 g/mol. The van der Waals surface area contributed by atoms with Crippen LogP contribution in [0.25, 0.3) is 0 Å². The molecule has 0 fully saturated rings. The summed E-state index contributed by atoms with van der Waals surface area (Å²) < 4.78 is 11.7. The minimum absolute atomic E-state index is 0.0140. The van der Waals surface area contributed by atoms with E-state index in [-0.39, 0.29) is 18.6 Å². The van der Waals surface area contributed by atoms with Gasteiger partial charge in [0, 0.05) is 5.41 Å². The zero-order chi connectivity index (χ0) is 23.7. The Labute approximate surface area is 194 Å². The highest BCUT2D eigenvalue weighted by atomic mass is 16.5. The van der Waals surface area contributed by atoms with E-state index in [1.165, 1.54) is 11.1 Å². The van der Waals surface area contributed by atoms with Gasteiger partial charge in [-0.2, -0.15) is 0 Å².